The molecule has 1 fully saturated rings. The summed E-state index contributed by atoms with van der Waals surface area (Å²) in [7, 11) is 1.37. The lowest BCUT2D eigenvalue weighted by atomic mass is 9.96. The monoisotopic (exact) mass is 334 g/mol. The third kappa shape index (κ3) is 2.74. The number of primary amides is 1. The molecule has 0 radical (unpaired) electrons. The summed E-state index contributed by atoms with van der Waals surface area (Å²) in [5, 5.41) is 0.885. The second-order valence-electron chi connectivity index (χ2n) is 5.59. The molecule has 1 amide bonds. The third-order valence-corrected chi connectivity index (χ3v) is 5.45. The highest BCUT2D eigenvalue weighted by Crippen LogP contribution is 2.36. The van der Waals surface area contributed by atoms with E-state index in [4.69, 9.17) is 10.5 Å². The van der Waals surface area contributed by atoms with E-state index in [9.17, 15) is 9.59 Å². The SMILES string of the molecule is COC(=O)c1sc2ncnc(N3CCC(C(N)=O)CC3)c2c1C. The maximum absolute atomic E-state index is 11.9. The van der Waals surface area contributed by atoms with Crippen LogP contribution in [0.3, 0.4) is 0 Å². The fraction of sp³-hybridized carbons (Fsp3) is 0.467. The Kier molecular flexibility index (Phi) is 4.16. The molecule has 0 spiro atoms. The Morgan fingerprint density at radius 2 is 2.04 bits per heavy atom. The van der Waals surface area contributed by atoms with Crippen LogP contribution >= 0.6 is 11.3 Å². The summed E-state index contributed by atoms with van der Waals surface area (Å²) in [6.07, 6.45) is 2.94. The van der Waals surface area contributed by atoms with Gasteiger partial charge in [-0.15, -0.1) is 11.3 Å². The molecular formula is C15H18N4O3S. The van der Waals surface area contributed by atoms with Gasteiger partial charge in [0.05, 0.1) is 12.5 Å². The summed E-state index contributed by atoms with van der Waals surface area (Å²) >= 11 is 1.31. The van der Waals surface area contributed by atoms with E-state index in [1.165, 1.54) is 24.8 Å². The van der Waals surface area contributed by atoms with E-state index in [0.29, 0.717) is 30.8 Å². The van der Waals surface area contributed by atoms with Gasteiger partial charge < -0.3 is 15.4 Å². The summed E-state index contributed by atoms with van der Waals surface area (Å²) in [6, 6.07) is 0. The normalized spacial score (nSPS) is 15.8. The first-order valence-corrected chi connectivity index (χ1v) is 8.21. The first-order valence-electron chi connectivity index (χ1n) is 7.39. The van der Waals surface area contributed by atoms with Crippen molar-refractivity contribution in [3.63, 3.8) is 0 Å². The largest absolute Gasteiger partial charge is 0.465 e. The van der Waals surface area contributed by atoms with E-state index in [1.54, 1.807) is 0 Å². The average Bonchev–Trinajstić information content (AvgIpc) is 2.91. The van der Waals surface area contributed by atoms with Gasteiger partial charge in [0.1, 0.15) is 21.9 Å². The highest BCUT2D eigenvalue weighted by Gasteiger charge is 2.27. The Balaban J connectivity index is 1.97. The van der Waals surface area contributed by atoms with Crippen LogP contribution in [-0.4, -0.2) is 42.0 Å². The lowest BCUT2D eigenvalue weighted by Crippen LogP contribution is -2.39. The molecule has 0 aromatic carbocycles. The molecule has 3 rings (SSSR count). The van der Waals surface area contributed by atoms with E-state index in [-0.39, 0.29) is 17.8 Å². The molecule has 1 aliphatic rings. The molecule has 0 unspecified atom stereocenters. The Labute approximate surface area is 137 Å². The number of hydrogen-bond donors (Lipinski definition) is 1. The summed E-state index contributed by atoms with van der Waals surface area (Å²) in [4.78, 5) is 35.3. The van der Waals surface area contributed by atoms with E-state index in [0.717, 1.165) is 21.6 Å². The van der Waals surface area contributed by atoms with Crippen LogP contribution < -0.4 is 10.6 Å². The Morgan fingerprint density at radius 1 is 1.35 bits per heavy atom. The number of esters is 1. The van der Waals surface area contributed by atoms with Crippen LogP contribution in [0.2, 0.25) is 0 Å². The van der Waals surface area contributed by atoms with Crippen molar-refractivity contribution in [3.05, 3.63) is 16.8 Å². The zero-order chi connectivity index (χ0) is 16.6. The summed E-state index contributed by atoms with van der Waals surface area (Å²) < 4.78 is 4.83. The van der Waals surface area contributed by atoms with Gasteiger partial charge in [0.25, 0.3) is 0 Å². The van der Waals surface area contributed by atoms with Crippen LogP contribution in [0.5, 0.6) is 0 Å². The van der Waals surface area contributed by atoms with Gasteiger partial charge in [0, 0.05) is 19.0 Å². The Bertz CT molecular complexity index is 765. The van der Waals surface area contributed by atoms with Gasteiger partial charge >= 0.3 is 5.97 Å². The standard InChI is InChI=1S/C15H18N4O3S/c1-8-10-13(19-5-3-9(4-6-19)12(16)20)17-7-18-14(10)23-11(8)15(21)22-2/h7,9H,3-6H2,1-2H3,(H2,16,20). The molecule has 23 heavy (non-hydrogen) atoms. The minimum Gasteiger partial charge on any atom is -0.465 e. The molecule has 2 aromatic heterocycles. The zero-order valence-corrected chi connectivity index (χ0v) is 13.9. The number of thiophene rings is 1. The molecule has 8 heteroatoms. The second kappa shape index (κ2) is 6.11. The number of nitrogens with zero attached hydrogens (tertiary/aromatic N) is 3. The number of carbonyl (C=O) groups is 2. The lowest BCUT2D eigenvalue weighted by Gasteiger charge is -2.31. The van der Waals surface area contributed by atoms with Crippen LogP contribution in [0.4, 0.5) is 5.82 Å². The van der Waals surface area contributed by atoms with E-state index in [2.05, 4.69) is 14.9 Å². The number of aryl methyl sites for hydroxylation is 1. The van der Waals surface area contributed by atoms with Crippen molar-refractivity contribution < 1.29 is 14.3 Å². The predicted octanol–water partition coefficient (Wildman–Crippen LogP) is 1.49. The van der Waals surface area contributed by atoms with Crippen LogP contribution in [0, 0.1) is 12.8 Å². The minimum absolute atomic E-state index is 0.0715. The summed E-state index contributed by atoms with van der Waals surface area (Å²) in [6.45, 7) is 3.30. The maximum atomic E-state index is 11.9. The molecule has 122 valence electrons. The van der Waals surface area contributed by atoms with Crippen molar-refractivity contribution in [3.8, 4) is 0 Å². The molecule has 0 bridgehead atoms. The van der Waals surface area contributed by atoms with Gasteiger partial charge in [-0.3, -0.25) is 4.79 Å². The number of anilines is 1. The topological polar surface area (TPSA) is 98.4 Å². The van der Waals surface area contributed by atoms with Crippen LogP contribution in [0.15, 0.2) is 6.33 Å². The molecule has 1 aliphatic heterocycles. The molecule has 2 N–H and O–H groups in total. The fourth-order valence-electron chi connectivity index (χ4n) is 2.96. The van der Waals surface area contributed by atoms with Crippen molar-refractivity contribution in [2.45, 2.75) is 19.8 Å². The van der Waals surface area contributed by atoms with Gasteiger partial charge in [-0.2, -0.15) is 0 Å². The summed E-state index contributed by atoms with van der Waals surface area (Å²) in [5.74, 6) is 0.140. The molecule has 1 saturated heterocycles. The van der Waals surface area contributed by atoms with Crippen molar-refractivity contribution in [2.24, 2.45) is 11.7 Å². The molecule has 3 heterocycles. The number of fused-ring (bicyclic) bond motifs is 1. The zero-order valence-electron chi connectivity index (χ0n) is 13.0. The van der Waals surface area contributed by atoms with Crippen LogP contribution in [-0.2, 0) is 9.53 Å². The first-order chi connectivity index (χ1) is 11.0. The van der Waals surface area contributed by atoms with Gasteiger partial charge in [0.15, 0.2) is 0 Å². The lowest BCUT2D eigenvalue weighted by molar-refractivity contribution is -0.122. The van der Waals surface area contributed by atoms with Crippen molar-refractivity contribution >= 4 is 39.2 Å². The fourth-order valence-corrected chi connectivity index (χ4v) is 4.02. The van der Waals surface area contributed by atoms with Gasteiger partial charge in [0.2, 0.25) is 5.91 Å². The van der Waals surface area contributed by atoms with E-state index in [1.807, 2.05) is 6.92 Å². The maximum Gasteiger partial charge on any atom is 0.348 e. The number of piperidine rings is 1. The van der Waals surface area contributed by atoms with Gasteiger partial charge in [-0.05, 0) is 25.3 Å². The Hall–Kier alpha value is -2.22. The number of aromatic nitrogens is 2. The Morgan fingerprint density at radius 3 is 2.65 bits per heavy atom. The highest BCUT2D eigenvalue weighted by molar-refractivity contribution is 7.20. The summed E-state index contributed by atoms with van der Waals surface area (Å²) in [5.41, 5.74) is 6.22. The van der Waals surface area contributed by atoms with Crippen molar-refractivity contribution in [2.75, 3.05) is 25.1 Å². The molecular weight excluding hydrogens is 316 g/mol. The first kappa shape index (κ1) is 15.7. The number of ether oxygens (including phenoxy) is 1. The molecule has 0 saturated carbocycles. The number of nitrogens with two attached hydrogens (primary N) is 1. The average molecular weight is 334 g/mol. The minimum atomic E-state index is -0.358. The van der Waals surface area contributed by atoms with Crippen molar-refractivity contribution in [1.29, 1.82) is 0 Å². The number of carbonyl (C=O) groups excluding carboxylic acids is 2. The van der Waals surface area contributed by atoms with Crippen molar-refractivity contribution in [1.82, 2.24) is 9.97 Å². The number of methoxy groups -OCH3 is 1. The van der Waals surface area contributed by atoms with E-state index >= 15 is 0 Å². The predicted molar refractivity (Wildman–Crippen MR) is 87.6 cm³/mol. The second-order valence-corrected chi connectivity index (χ2v) is 6.59. The number of amides is 1. The highest BCUT2D eigenvalue weighted by atomic mass is 32.1. The van der Waals surface area contributed by atoms with E-state index < -0.39 is 0 Å². The molecule has 0 atom stereocenters. The van der Waals surface area contributed by atoms with Gasteiger partial charge in [-0.1, -0.05) is 0 Å². The molecule has 2 aromatic rings. The van der Waals surface area contributed by atoms with Crippen LogP contribution in [0.25, 0.3) is 10.2 Å². The number of hydrogen-bond acceptors (Lipinski definition) is 7. The third-order valence-electron chi connectivity index (χ3n) is 4.27. The van der Waals surface area contributed by atoms with Gasteiger partial charge in [-0.25, -0.2) is 14.8 Å². The number of rotatable bonds is 3. The smallest absolute Gasteiger partial charge is 0.348 e. The van der Waals surface area contributed by atoms with Crippen LogP contribution in [0.1, 0.15) is 28.1 Å². The quantitative estimate of drug-likeness (QED) is 0.854. The molecule has 7 nitrogen and oxygen atoms in total. The molecule has 0 aliphatic carbocycles.